The molecule has 0 unspecified atom stereocenters. The molecule has 0 saturated carbocycles. The summed E-state index contributed by atoms with van der Waals surface area (Å²) in [5, 5.41) is 22.2. The first-order valence-electron chi connectivity index (χ1n) is 6.83. The summed E-state index contributed by atoms with van der Waals surface area (Å²) < 4.78 is 0. The fraction of sp³-hybridized carbons (Fsp3) is 0.500. The van der Waals surface area contributed by atoms with Gasteiger partial charge in [0.25, 0.3) is 5.69 Å². The van der Waals surface area contributed by atoms with Crippen LogP contribution in [0.15, 0.2) is 18.2 Å². The van der Waals surface area contributed by atoms with E-state index in [2.05, 4.69) is 4.90 Å². The molecule has 0 aromatic heterocycles. The quantitative estimate of drug-likeness (QED) is 0.590. The van der Waals surface area contributed by atoms with Gasteiger partial charge >= 0.3 is 0 Å². The molecule has 2 heterocycles. The summed E-state index contributed by atoms with van der Waals surface area (Å²) in [6, 6.07) is 4.69. The van der Waals surface area contributed by atoms with E-state index in [1.807, 2.05) is 0 Å². The molecule has 3 rings (SSSR count). The standard InChI is InChI=1S/C14H16N2O4/c17-14(18)11-8-9-7-10(16(19)20)4-5-12(9)15-6-2-1-3-13(11)15/h4-5,7,11,13H,1-3,6,8H2,(H,17,18)/p-1/t11-,13+/m1/s1. The molecule has 20 heavy (non-hydrogen) atoms. The van der Waals surface area contributed by atoms with Gasteiger partial charge in [0, 0.05) is 42.3 Å². The van der Waals surface area contributed by atoms with Gasteiger partial charge in [0.15, 0.2) is 0 Å². The maximum atomic E-state index is 11.4. The second-order valence-electron chi connectivity index (χ2n) is 5.46. The molecule has 0 spiro atoms. The molecule has 2 atom stereocenters. The Hall–Kier alpha value is -2.11. The van der Waals surface area contributed by atoms with Gasteiger partial charge in [-0.05, 0) is 37.3 Å². The second-order valence-corrected chi connectivity index (χ2v) is 5.46. The minimum atomic E-state index is -1.06. The van der Waals surface area contributed by atoms with Crippen LogP contribution in [-0.2, 0) is 11.2 Å². The molecule has 6 nitrogen and oxygen atoms in total. The topological polar surface area (TPSA) is 86.5 Å². The second kappa shape index (κ2) is 4.77. The molecule has 0 radical (unpaired) electrons. The van der Waals surface area contributed by atoms with Crippen LogP contribution < -0.4 is 10.0 Å². The van der Waals surface area contributed by atoms with Gasteiger partial charge in [-0.1, -0.05) is 0 Å². The molecule has 2 aliphatic heterocycles. The highest BCUT2D eigenvalue weighted by Gasteiger charge is 2.36. The van der Waals surface area contributed by atoms with Crippen LogP contribution in [0, 0.1) is 16.0 Å². The van der Waals surface area contributed by atoms with Gasteiger partial charge in [-0.15, -0.1) is 0 Å². The molecule has 1 saturated heterocycles. The summed E-state index contributed by atoms with van der Waals surface area (Å²) in [7, 11) is 0. The van der Waals surface area contributed by atoms with Crippen molar-refractivity contribution in [1.82, 2.24) is 0 Å². The van der Waals surface area contributed by atoms with E-state index in [0.717, 1.165) is 37.1 Å². The lowest BCUT2D eigenvalue weighted by Crippen LogP contribution is -2.53. The van der Waals surface area contributed by atoms with Crippen molar-refractivity contribution < 1.29 is 14.8 Å². The average molecular weight is 275 g/mol. The van der Waals surface area contributed by atoms with Gasteiger partial charge in [0.2, 0.25) is 0 Å². The summed E-state index contributed by atoms with van der Waals surface area (Å²) in [5.74, 6) is -1.64. The Morgan fingerprint density at radius 1 is 1.35 bits per heavy atom. The lowest BCUT2D eigenvalue weighted by molar-refractivity contribution is -0.384. The summed E-state index contributed by atoms with van der Waals surface area (Å²) in [6.07, 6.45) is 3.20. The number of hydrogen-bond donors (Lipinski definition) is 0. The summed E-state index contributed by atoms with van der Waals surface area (Å²) >= 11 is 0. The Kier molecular flexibility index (Phi) is 3.08. The summed E-state index contributed by atoms with van der Waals surface area (Å²) in [4.78, 5) is 23.9. The van der Waals surface area contributed by atoms with Crippen LogP contribution >= 0.6 is 0 Å². The fourth-order valence-corrected chi connectivity index (χ4v) is 3.42. The molecule has 1 fully saturated rings. The first kappa shape index (κ1) is 12.9. The number of benzene rings is 1. The van der Waals surface area contributed by atoms with Gasteiger partial charge in [0.1, 0.15) is 0 Å². The molecule has 0 aliphatic carbocycles. The lowest BCUT2D eigenvalue weighted by atomic mass is 9.81. The third-order valence-corrected chi connectivity index (χ3v) is 4.34. The zero-order valence-electron chi connectivity index (χ0n) is 10.9. The predicted molar refractivity (Wildman–Crippen MR) is 70.3 cm³/mol. The van der Waals surface area contributed by atoms with Crippen molar-refractivity contribution in [2.75, 3.05) is 11.4 Å². The minimum Gasteiger partial charge on any atom is -0.550 e. The number of carbonyl (C=O) groups excluding carboxylic acids is 1. The molecular weight excluding hydrogens is 260 g/mol. The van der Waals surface area contributed by atoms with Crippen molar-refractivity contribution in [2.45, 2.75) is 31.7 Å². The third kappa shape index (κ3) is 2.01. The van der Waals surface area contributed by atoms with E-state index in [9.17, 15) is 20.0 Å². The van der Waals surface area contributed by atoms with Gasteiger partial charge in [-0.3, -0.25) is 10.1 Å². The molecular formula is C14H15N2O4-. The van der Waals surface area contributed by atoms with Gasteiger partial charge in [0.05, 0.1) is 4.92 Å². The van der Waals surface area contributed by atoms with Crippen LogP contribution in [0.1, 0.15) is 24.8 Å². The number of nitrogens with zero attached hydrogens (tertiary/aromatic N) is 2. The van der Waals surface area contributed by atoms with Crippen molar-refractivity contribution in [3.8, 4) is 0 Å². The number of piperidine rings is 1. The van der Waals surface area contributed by atoms with Crippen molar-refractivity contribution in [3.05, 3.63) is 33.9 Å². The number of hydrogen-bond acceptors (Lipinski definition) is 5. The Labute approximate surface area is 116 Å². The van der Waals surface area contributed by atoms with Gasteiger partial charge in [-0.2, -0.15) is 0 Å². The van der Waals surface area contributed by atoms with E-state index in [1.54, 1.807) is 6.07 Å². The number of non-ortho nitro benzene ring substituents is 1. The molecule has 6 heteroatoms. The Balaban J connectivity index is 2.04. The van der Waals surface area contributed by atoms with E-state index in [4.69, 9.17) is 0 Å². The molecule has 0 bridgehead atoms. The van der Waals surface area contributed by atoms with Crippen LogP contribution in [0.2, 0.25) is 0 Å². The highest BCUT2D eigenvalue weighted by molar-refractivity contribution is 5.74. The molecule has 1 aromatic carbocycles. The minimum absolute atomic E-state index is 0.0105. The number of aliphatic carboxylic acids is 1. The number of nitro benzene ring substituents is 1. The monoisotopic (exact) mass is 275 g/mol. The van der Waals surface area contributed by atoms with Crippen molar-refractivity contribution in [3.63, 3.8) is 0 Å². The van der Waals surface area contributed by atoms with E-state index in [1.165, 1.54) is 12.1 Å². The average Bonchev–Trinajstić information content (AvgIpc) is 2.45. The number of nitro groups is 1. The van der Waals surface area contributed by atoms with Crippen LogP contribution in [-0.4, -0.2) is 23.5 Å². The number of fused-ring (bicyclic) bond motifs is 3. The van der Waals surface area contributed by atoms with Crippen LogP contribution in [0.5, 0.6) is 0 Å². The maximum Gasteiger partial charge on any atom is 0.269 e. The molecule has 0 N–H and O–H groups in total. The third-order valence-electron chi connectivity index (χ3n) is 4.34. The Bertz CT molecular complexity index is 572. The van der Waals surface area contributed by atoms with Crippen molar-refractivity contribution >= 4 is 17.3 Å². The lowest BCUT2D eigenvalue weighted by Gasteiger charge is -2.46. The Morgan fingerprint density at radius 2 is 2.15 bits per heavy atom. The SMILES string of the molecule is O=C([O-])[C@@H]1Cc2cc([N+](=O)[O-])ccc2N2CCCC[C@@H]12. The maximum absolute atomic E-state index is 11.4. The van der Waals surface area contributed by atoms with E-state index in [0.29, 0.717) is 6.42 Å². The number of anilines is 1. The molecule has 0 amide bonds. The summed E-state index contributed by atoms with van der Waals surface area (Å²) in [5.41, 5.74) is 1.70. The molecule has 2 aliphatic rings. The molecule has 1 aromatic rings. The number of carboxylic acids is 1. The zero-order valence-corrected chi connectivity index (χ0v) is 10.9. The van der Waals surface area contributed by atoms with E-state index in [-0.39, 0.29) is 11.7 Å². The van der Waals surface area contributed by atoms with Crippen molar-refractivity contribution in [2.24, 2.45) is 5.92 Å². The molecule has 106 valence electrons. The Morgan fingerprint density at radius 3 is 2.85 bits per heavy atom. The zero-order chi connectivity index (χ0) is 14.3. The number of carbonyl (C=O) groups is 1. The highest BCUT2D eigenvalue weighted by Crippen LogP contribution is 2.39. The van der Waals surface area contributed by atoms with Gasteiger partial charge in [-0.25, -0.2) is 0 Å². The fourth-order valence-electron chi connectivity index (χ4n) is 3.42. The smallest absolute Gasteiger partial charge is 0.269 e. The first-order valence-corrected chi connectivity index (χ1v) is 6.83. The number of rotatable bonds is 2. The van der Waals surface area contributed by atoms with Crippen LogP contribution in [0.25, 0.3) is 0 Å². The van der Waals surface area contributed by atoms with E-state index >= 15 is 0 Å². The first-order chi connectivity index (χ1) is 9.58. The number of carboxylic acid groups (broad SMARTS) is 1. The van der Waals surface area contributed by atoms with Crippen LogP contribution in [0.4, 0.5) is 11.4 Å². The predicted octanol–water partition coefficient (Wildman–Crippen LogP) is 0.876. The van der Waals surface area contributed by atoms with Crippen LogP contribution in [0.3, 0.4) is 0 Å². The van der Waals surface area contributed by atoms with Gasteiger partial charge < -0.3 is 14.8 Å². The highest BCUT2D eigenvalue weighted by atomic mass is 16.6. The van der Waals surface area contributed by atoms with E-state index < -0.39 is 16.8 Å². The summed E-state index contributed by atoms with van der Waals surface area (Å²) in [6.45, 7) is 0.805. The van der Waals surface area contributed by atoms with Crippen molar-refractivity contribution in [1.29, 1.82) is 0 Å². The normalized spacial score (nSPS) is 24.7. The largest absolute Gasteiger partial charge is 0.550 e.